The molecule has 4 rings (SSSR count). The minimum Gasteiger partial charge on any atom is -0.459 e. The molecular formula is C25H25FN2O4. The Bertz CT molecular complexity index is 1070. The standard InChI is InChI=1S/C25H25FN2O4/c1-18-8-10-19(11-9-18)13-27-14-21(32-17-20-5-2-3-6-22(20)26)15-28(16-24(27)29)25(30)23-7-4-12-31-23/h2-12,21H,13-17H2,1H3. The Labute approximate surface area is 186 Å². The van der Waals surface area contributed by atoms with Crippen molar-refractivity contribution in [3.8, 4) is 0 Å². The van der Waals surface area contributed by atoms with Crippen molar-refractivity contribution in [2.75, 3.05) is 19.6 Å². The van der Waals surface area contributed by atoms with Gasteiger partial charge in [0.15, 0.2) is 5.76 Å². The molecule has 0 radical (unpaired) electrons. The van der Waals surface area contributed by atoms with Gasteiger partial charge in [0.1, 0.15) is 12.4 Å². The molecule has 0 spiro atoms. The molecule has 1 atom stereocenters. The maximum absolute atomic E-state index is 14.1. The van der Waals surface area contributed by atoms with Crippen molar-refractivity contribution in [1.29, 1.82) is 0 Å². The summed E-state index contributed by atoms with van der Waals surface area (Å²) in [6.45, 7) is 2.87. The van der Waals surface area contributed by atoms with Crippen molar-refractivity contribution in [2.45, 2.75) is 26.2 Å². The first-order valence-corrected chi connectivity index (χ1v) is 10.5. The first-order valence-electron chi connectivity index (χ1n) is 10.5. The van der Waals surface area contributed by atoms with Gasteiger partial charge in [0.25, 0.3) is 5.91 Å². The second-order valence-electron chi connectivity index (χ2n) is 7.95. The van der Waals surface area contributed by atoms with Crippen molar-refractivity contribution in [3.05, 3.63) is 95.2 Å². The number of nitrogens with zero attached hydrogens (tertiary/aromatic N) is 2. The molecule has 0 aliphatic carbocycles. The molecule has 2 aromatic carbocycles. The van der Waals surface area contributed by atoms with E-state index in [-0.39, 0.29) is 43.1 Å². The van der Waals surface area contributed by atoms with Gasteiger partial charge in [-0.15, -0.1) is 0 Å². The zero-order valence-electron chi connectivity index (χ0n) is 17.9. The topological polar surface area (TPSA) is 63.0 Å². The maximum atomic E-state index is 14.1. The monoisotopic (exact) mass is 436 g/mol. The lowest BCUT2D eigenvalue weighted by Gasteiger charge is -2.25. The van der Waals surface area contributed by atoms with Gasteiger partial charge in [-0.2, -0.15) is 0 Å². The van der Waals surface area contributed by atoms with Crippen LogP contribution in [-0.2, 0) is 22.7 Å². The fourth-order valence-corrected chi connectivity index (χ4v) is 3.68. The van der Waals surface area contributed by atoms with Crippen LogP contribution in [0.5, 0.6) is 0 Å². The van der Waals surface area contributed by atoms with Gasteiger partial charge in [0.2, 0.25) is 5.91 Å². The van der Waals surface area contributed by atoms with Gasteiger partial charge in [-0.3, -0.25) is 9.59 Å². The van der Waals surface area contributed by atoms with Crippen LogP contribution in [0.15, 0.2) is 71.3 Å². The molecule has 2 amide bonds. The predicted molar refractivity (Wildman–Crippen MR) is 116 cm³/mol. The van der Waals surface area contributed by atoms with Crippen molar-refractivity contribution in [2.24, 2.45) is 0 Å². The fourth-order valence-electron chi connectivity index (χ4n) is 3.68. The van der Waals surface area contributed by atoms with Crippen molar-refractivity contribution < 1.29 is 23.1 Å². The van der Waals surface area contributed by atoms with Crippen LogP contribution >= 0.6 is 0 Å². The molecule has 0 bridgehead atoms. The lowest BCUT2D eigenvalue weighted by molar-refractivity contribution is -0.132. The first-order chi connectivity index (χ1) is 15.5. The Balaban J connectivity index is 1.53. The molecule has 1 aliphatic rings. The highest BCUT2D eigenvalue weighted by Gasteiger charge is 2.32. The Kier molecular flexibility index (Phi) is 6.66. The highest BCUT2D eigenvalue weighted by Crippen LogP contribution is 2.17. The number of carbonyl (C=O) groups is 2. The number of ether oxygens (including phenoxy) is 1. The molecule has 2 heterocycles. The van der Waals surface area contributed by atoms with Gasteiger partial charge in [-0.05, 0) is 30.7 Å². The molecule has 166 valence electrons. The van der Waals surface area contributed by atoms with Crippen molar-refractivity contribution >= 4 is 11.8 Å². The van der Waals surface area contributed by atoms with E-state index >= 15 is 0 Å². The van der Waals surface area contributed by atoms with Gasteiger partial charge in [-0.25, -0.2) is 4.39 Å². The highest BCUT2D eigenvalue weighted by molar-refractivity contribution is 5.94. The minimum absolute atomic E-state index is 0.0483. The Hall–Kier alpha value is -3.45. The van der Waals surface area contributed by atoms with Crippen LogP contribution in [-0.4, -0.2) is 47.4 Å². The quantitative estimate of drug-likeness (QED) is 0.590. The van der Waals surface area contributed by atoms with Gasteiger partial charge >= 0.3 is 0 Å². The summed E-state index contributed by atoms with van der Waals surface area (Å²) >= 11 is 0. The van der Waals surface area contributed by atoms with Crippen LogP contribution in [0.2, 0.25) is 0 Å². The number of carbonyl (C=O) groups excluding carboxylic acids is 2. The van der Waals surface area contributed by atoms with Crippen LogP contribution in [0.1, 0.15) is 27.2 Å². The molecule has 32 heavy (non-hydrogen) atoms. The summed E-state index contributed by atoms with van der Waals surface area (Å²) in [7, 11) is 0. The number of benzene rings is 2. The van der Waals surface area contributed by atoms with Gasteiger partial charge in [0.05, 0.1) is 19.0 Å². The van der Waals surface area contributed by atoms with E-state index in [9.17, 15) is 14.0 Å². The van der Waals surface area contributed by atoms with E-state index in [2.05, 4.69) is 0 Å². The lowest BCUT2D eigenvalue weighted by Crippen LogP contribution is -2.39. The normalized spacial score (nSPS) is 16.8. The second-order valence-corrected chi connectivity index (χ2v) is 7.95. The molecule has 1 saturated heterocycles. The molecule has 6 nitrogen and oxygen atoms in total. The molecule has 1 aromatic heterocycles. The van der Waals surface area contributed by atoms with Gasteiger partial charge in [-0.1, -0.05) is 48.0 Å². The van der Waals surface area contributed by atoms with Crippen LogP contribution in [0.25, 0.3) is 0 Å². The molecular weight excluding hydrogens is 411 g/mol. The van der Waals surface area contributed by atoms with Crippen LogP contribution in [0, 0.1) is 12.7 Å². The van der Waals surface area contributed by atoms with E-state index < -0.39 is 6.10 Å². The molecule has 1 aliphatic heterocycles. The molecule has 0 N–H and O–H groups in total. The summed E-state index contributed by atoms with van der Waals surface area (Å²) in [4.78, 5) is 29.0. The largest absolute Gasteiger partial charge is 0.459 e. The molecule has 1 fully saturated rings. The number of furan rings is 1. The van der Waals surface area contributed by atoms with Gasteiger partial charge in [0, 0.05) is 25.2 Å². The minimum atomic E-state index is -0.481. The molecule has 1 unspecified atom stereocenters. The van der Waals surface area contributed by atoms with E-state index in [1.165, 1.54) is 17.2 Å². The van der Waals surface area contributed by atoms with Crippen LogP contribution in [0.3, 0.4) is 0 Å². The third kappa shape index (κ3) is 5.23. The SMILES string of the molecule is Cc1ccc(CN2CC(OCc3ccccc3F)CN(C(=O)c3ccco3)CC2=O)cc1. The average molecular weight is 436 g/mol. The van der Waals surface area contributed by atoms with Crippen LogP contribution in [0.4, 0.5) is 4.39 Å². The summed E-state index contributed by atoms with van der Waals surface area (Å²) < 4.78 is 25.3. The number of hydrogen-bond acceptors (Lipinski definition) is 4. The fraction of sp³-hybridized carbons (Fsp3) is 0.280. The third-order valence-corrected chi connectivity index (χ3v) is 5.47. The average Bonchev–Trinajstić information content (AvgIpc) is 3.28. The van der Waals surface area contributed by atoms with Crippen molar-refractivity contribution in [1.82, 2.24) is 9.80 Å². The number of rotatable bonds is 6. The second kappa shape index (κ2) is 9.78. The smallest absolute Gasteiger partial charge is 0.290 e. The lowest BCUT2D eigenvalue weighted by atomic mass is 10.1. The first kappa shape index (κ1) is 21.8. The van der Waals surface area contributed by atoms with Crippen molar-refractivity contribution in [3.63, 3.8) is 0 Å². The molecule has 7 heteroatoms. The number of aryl methyl sites for hydroxylation is 1. The van der Waals surface area contributed by atoms with Crippen LogP contribution < -0.4 is 0 Å². The van der Waals surface area contributed by atoms with E-state index in [0.717, 1.165) is 11.1 Å². The zero-order valence-corrected chi connectivity index (χ0v) is 17.9. The summed E-state index contributed by atoms with van der Waals surface area (Å²) in [5.41, 5.74) is 2.55. The van der Waals surface area contributed by atoms with E-state index in [1.54, 1.807) is 35.2 Å². The summed E-state index contributed by atoms with van der Waals surface area (Å²) in [6, 6.07) is 17.6. The summed E-state index contributed by atoms with van der Waals surface area (Å²) in [5, 5.41) is 0. The highest BCUT2D eigenvalue weighted by atomic mass is 19.1. The number of amides is 2. The zero-order chi connectivity index (χ0) is 22.5. The van der Waals surface area contributed by atoms with E-state index in [1.807, 2.05) is 31.2 Å². The summed E-state index contributed by atoms with van der Waals surface area (Å²) in [5.74, 6) is -0.739. The molecule has 3 aromatic rings. The number of halogens is 1. The third-order valence-electron chi connectivity index (χ3n) is 5.47. The van der Waals surface area contributed by atoms with Gasteiger partial charge < -0.3 is 19.0 Å². The predicted octanol–water partition coefficient (Wildman–Crippen LogP) is 3.80. The number of hydrogen-bond donors (Lipinski definition) is 0. The molecule has 0 saturated carbocycles. The Morgan fingerprint density at radius 3 is 2.59 bits per heavy atom. The van der Waals surface area contributed by atoms with E-state index in [0.29, 0.717) is 18.7 Å². The summed E-state index contributed by atoms with van der Waals surface area (Å²) in [6.07, 6.45) is 0.938. The Morgan fingerprint density at radius 1 is 1.09 bits per heavy atom. The Morgan fingerprint density at radius 2 is 1.88 bits per heavy atom. The van der Waals surface area contributed by atoms with E-state index in [4.69, 9.17) is 9.15 Å². The maximum Gasteiger partial charge on any atom is 0.290 e.